The Morgan fingerprint density at radius 2 is 2.13 bits per heavy atom. The van der Waals surface area contributed by atoms with Crippen LogP contribution >= 0.6 is 0 Å². The maximum atomic E-state index is 11.9. The van der Waals surface area contributed by atoms with Gasteiger partial charge in [0.2, 0.25) is 5.95 Å². The highest BCUT2D eigenvalue weighted by Gasteiger charge is 2.21. The smallest absolute Gasteiger partial charge is 0.254 e. The fourth-order valence-corrected chi connectivity index (χ4v) is 3.54. The summed E-state index contributed by atoms with van der Waals surface area (Å²) in [6.45, 7) is 0. The number of benzene rings is 1. The van der Waals surface area contributed by atoms with E-state index in [1.807, 2.05) is 37.5 Å². The minimum Gasteiger partial charge on any atom is -0.365 e. The summed E-state index contributed by atoms with van der Waals surface area (Å²) in [5.41, 5.74) is 9.10. The lowest BCUT2D eigenvalue weighted by Crippen LogP contribution is -2.32. The first kappa shape index (κ1) is 19.6. The zero-order valence-electron chi connectivity index (χ0n) is 16.7. The maximum absolute atomic E-state index is 11.9. The summed E-state index contributed by atoms with van der Waals surface area (Å²) in [4.78, 5) is 20.6. The number of carbonyl (C=O) groups is 1. The molecule has 2 heterocycles. The minimum absolute atomic E-state index is 0.0834. The summed E-state index contributed by atoms with van der Waals surface area (Å²) in [7, 11) is 1.87. The van der Waals surface area contributed by atoms with E-state index in [0.29, 0.717) is 17.5 Å². The second-order valence-electron chi connectivity index (χ2n) is 7.40. The number of aryl methyl sites for hydroxylation is 1. The van der Waals surface area contributed by atoms with Gasteiger partial charge >= 0.3 is 0 Å². The molecular weight excluding hydrogens is 380 g/mol. The number of nitrogens with zero attached hydrogens (tertiary/aromatic N) is 4. The molecule has 30 heavy (non-hydrogen) atoms. The maximum Gasteiger partial charge on any atom is 0.254 e. The zero-order chi connectivity index (χ0) is 21.1. The number of primary amides is 1. The quantitative estimate of drug-likeness (QED) is 0.499. The van der Waals surface area contributed by atoms with Crippen LogP contribution in [0, 0.1) is 5.41 Å². The summed E-state index contributed by atoms with van der Waals surface area (Å²) >= 11 is 0. The molecule has 0 bridgehead atoms. The van der Waals surface area contributed by atoms with Crippen LogP contribution in [0.2, 0.25) is 0 Å². The molecule has 1 saturated carbocycles. The lowest BCUT2D eigenvalue weighted by atomic mass is 9.93. The average molecular weight is 404 g/mol. The average Bonchev–Trinajstić information content (AvgIpc) is 3.16. The van der Waals surface area contributed by atoms with Gasteiger partial charge in [0.1, 0.15) is 11.4 Å². The van der Waals surface area contributed by atoms with Crippen molar-refractivity contribution in [2.75, 3.05) is 10.6 Å². The SMILES string of the molecule is Cn1cc(-c2cccc(Nc3nc(N[C@@H]4CCCCC4=N)ncc3C(N)=O)c2)cn1. The second-order valence-corrected chi connectivity index (χ2v) is 7.40. The molecule has 4 rings (SSSR count). The van der Waals surface area contributed by atoms with E-state index in [0.717, 1.165) is 42.5 Å². The van der Waals surface area contributed by atoms with Crippen LogP contribution in [-0.4, -0.2) is 37.4 Å². The number of anilines is 3. The molecule has 9 heteroatoms. The van der Waals surface area contributed by atoms with Gasteiger partial charge < -0.3 is 21.8 Å². The predicted molar refractivity (Wildman–Crippen MR) is 116 cm³/mol. The topological polar surface area (TPSA) is 135 Å². The summed E-state index contributed by atoms with van der Waals surface area (Å²) in [5, 5.41) is 18.7. The lowest BCUT2D eigenvalue weighted by Gasteiger charge is -2.24. The number of carbonyl (C=O) groups excluding carboxylic acids is 1. The van der Waals surface area contributed by atoms with E-state index in [2.05, 4.69) is 25.7 Å². The van der Waals surface area contributed by atoms with Gasteiger partial charge in [0.15, 0.2) is 0 Å². The third-order valence-corrected chi connectivity index (χ3v) is 5.13. The largest absolute Gasteiger partial charge is 0.365 e. The molecule has 9 nitrogen and oxygen atoms in total. The van der Waals surface area contributed by atoms with E-state index in [-0.39, 0.29) is 11.6 Å². The molecule has 1 aromatic carbocycles. The van der Waals surface area contributed by atoms with Gasteiger partial charge in [-0.2, -0.15) is 10.1 Å². The van der Waals surface area contributed by atoms with Crippen molar-refractivity contribution in [3.63, 3.8) is 0 Å². The number of amides is 1. The van der Waals surface area contributed by atoms with Gasteiger partial charge in [-0.3, -0.25) is 9.48 Å². The molecule has 1 amide bonds. The van der Waals surface area contributed by atoms with Crippen LogP contribution in [0.3, 0.4) is 0 Å². The molecule has 1 fully saturated rings. The standard InChI is InChI=1S/C21H24N8O/c1-29-12-14(10-25-29)13-5-4-6-15(9-13)26-20-16(19(23)30)11-24-21(28-20)27-18-8-3-2-7-17(18)22/h4-6,9-12,18,22H,2-3,7-8H2,1H3,(H2,23,30)(H2,24,26,27,28)/t18-/m1/s1. The van der Waals surface area contributed by atoms with Crippen molar-refractivity contribution < 1.29 is 4.79 Å². The Hall–Kier alpha value is -3.75. The van der Waals surface area contributed by atoms with Crippen LogP contribution in [-0.2, 0) is 7.05 Å². The molecular formula is C21H24N8O. The highest BCUT2D eigenvalue weighted by Crippen LogP contribution is 2.26. The lowest BCUT2D eigenvalue weighted by molar-refractivity contribution is 0.100. The van der Waals surface area contributed by atoms with Crippen molar-refractivity contribution in [1.29, 1.82) is 5.41 Å². The number of nitrogens with one attached hydrogen (secondary N) is 3. The molecule has 0 radical (unpaired) electrons. The molecule has 5 N–H and O–H groups in total. The third-order valence-electron chi connectivity index (χ3n) is 5.13. The fourth-order valence-electron chi connectivity index (χ4n) is 3.54. The van der Waals surface area contributed by atoms with Crippen molar-refractivity contribution in [2.24, 2.45) is 12.8 Å². The van der Waals surface area contributed by atoms with Crippen molar-refractivity contribution in [3.8, 4) is 11.1 Å². The summed E-state index contributed by atoms with van der Waals surface area (Å²) < 4.78 is 1.74. The van der Waals surface area contributed by atoms with Crippen molar-refractivity contribution in [1.82, 2.24) is 19.7 Å². The Kier molecular flexibility index (Phi) is 5.42. The summed E-state index contributed by atoms with van der Waals surface area (Å²) in [6, 6.07) is 7.65. The molecule has 1 atom stereocenters. The Morgan fingerprint density at radius 1 is 1.27 bits per heavy atom. The second kappa shape index (κ2) is 8.32. The number of nitrogens with two attached hydrogens (primary N) is 1. The summed E-state index contributed by atoms with van der Waals surface area (Å²) in [6.07, 6.45) is 8.89. The van der Waals surface area contributed by atoms with Gasteiger partial charge in [0.25, 0.3) is 5.91 Å². The number of hydrogen-bond acceptors (Lipinski definition) is 7. The van der Waals surface area contributed by atoms with E-state index < -0.39 is 5.91 Å². The van der Waals surface area contributed by atoms with E-state index in [1.54, 1.807) is 10.9 Å². The Bertz CT molecular complexity index is 1090. The number of hydrogen-bond donors (Lipinski definition) is 4. The molecule has 0 unspecified atom stereocenters. The van der Waals surface area contributed by atoms with E-state index >= 15 is 0 Å². The Morgan fingerprint density at radius 3 is 2.87 bits per heavy atom. The van der Waals surface area contributed by atoms with Crippen molar-refractivity contribution in [3.05, 3.63) is 48.4 Å². The van der Waals surface area contributed by atoms with Gasteiger partial charge in [-0.1, -0.05) is 18.6 Å². The molecule has 154 valence electrons. The third kappa shape index (κ3) is 4.29. The van der Waals surface area contributed by atoms with Crippen LogP contribution < -0.4 is 16.4 Å². The number of aromatic nitrogens is 4. The minimum atomic E-state index is -0.613. The highest BCUT2D eigenvalue weighted by molar-refractivity contribution is 5.98. The molecule has 0 saturated heterocycles. The Labute approximate surface area is 174 Å². The first-order chi connectivity index (χ1) is 14.5. The van der Waals surface area contributed by atoms with E-state index in [4.69, 9.17) is 11.1 Å². The van der Waals surface area contributed by atoms with Gasteiger partial charge in [0.05, 0.1) is 12.2 Å². The zero-order valence-corrected chi connectivity index (χ0v) is 16.7. The first-order valence-electron chi connectivity index (χ1n) is 9.86. The Balaban J connectivity index is 1.60. The molecule has 3 aromatic rings. The molecule has 1 aliphatic rings. The van der Waals surface area contributed by atoms with Gasteiger partial charge in [0, 0.05) is 36.4 Å². The van der Waals surface area contributed by atoms with Crippen LogP contribution in [0.1, 0.15) is 36.0 Å². The molecule has 0 spiro atoms. The highest BCUT2D eigenvalue weighted by atomic mass is 16.1. The number of rotatable bonds is 6. The summed E-state index contributed by atoms with van der Waals surface area (Å²) in [5.74, 6) is 0.0751. The van der Waals surface area contributed by atoms with E-state index in [9.17, 15) is 4.79 Å². The van der Waals surface area contributed by atoms with Crippen LogP contribution in [0.5, 0.6) is 0 Å². The van der Waals surface area contributed by atoms with Gasteiger partial charge in [-0.15, -0.1) is 0 Å². The first-order valence-corrected chi connectivity index (χ1v) is 9.86. The van der Waals surface area contributed by atoms with Crippen molar-refractivity contribution in [2.45, 2.75) is 31.7 Å². The van der Waals surface area contributed by atoms with Gasteiger partial charge in [-0.25, -0.2) is 4.98 Å². The monoisotopic (exact) mass is 404 g/mol. The van der Waals surface area contributed by atoms with Crippen LogP contribution in [0.15, 0.2) is 42.9 Å². The van der Waals surface area contributed by atoms with Gasteiger partial charge in [-0.05, 0) is 37.0 Å². The molecule has 1 aliphatic carbocycles. The normalized spacial score (nSPS) is 16.3. The molecule has 2 aromatic heterocycles. The fraction of sp³-hybridized carbons (Fsp3) is 0.286. The van der Waals surface area contributed by atoms with Crippen molar-refractivity contribution >= 4 is 29.1 Å². The van der Waals surface area contributed by atoms with Crippen LogP contribution in [0.4, 0.5) is 17.5 Å². The van der Waals surface area contributed by atoms with Crippen LogP contribution in [0.25, 0.3) is 11.1 Å². The molecule has 0 aliphatic heterocycles. The van der Waals surface area contributed by atoms with E-state index in [1.165, 1.54) is 6.20 Å². The predicted octanol–water partition coefficient (Wildman–Crippen LogP) is 3.09.